The van der Waals surface area contributed by atoms with Crippen LogP contribution in [0, 0.1) is 12.8 Å². The van der Waals surface area contributed by atoms with E-state index >= 15 is 0 Å². The van der Waals surface area contributed by atoms with Gasteiger partial charge in [-0.25, -0.2) is 9.97 Å². The van der Waals surface area contributed by atoms with Crippen LogP contribution in [-0.2, 0) is 0 Å². The van der Waals surface area contributed by atoms with Crippen LogP contribution in [-0.4, -0.2) is 19.6 Å². The summed E-state index contributed by atoms with van der Waals surface area (Å²) in [6, 6.07) is 9.98. The highest BCUT2D eigenvalue weighted by Gasteiger charge is 2.32. The second-order valence-corrected chi connectivity index (χ2v) is 7.08. The summed E-state index contributed by atoms with van der Waals surface area (Å²) in [4.78, 5) is 8.72. The van der Waals surface area contributed by atoms with Crippen molar-refractivity contribution in [1.82, 2.24) is 14.5 Å². The van der Waals surface area contributed by atoms with Crippen molar-refractivity contribution in [2.45, 2.75) is 38.3 Å². The van der Waals surface area contributed by atoms with Crippen LogP contribution < -0.4 is 0 Å². The van der Waals surface area contributed by atoms with Gasteiger partial charge in [0.15, 0.2) is 0 Å². The van der Waals surface area contributed by atoms with Gasteiger partial charge in [0.1, 0.15) is 12.0 Å². The van der Waals surface area contributed by atoms with Crippen LogP contribution in [0.2, 0.25) is 5.02 Å². The zero-order chi connectivity index (χ0) is 16.7. The van der Waals surface area contributed by atoms with Crippen LogP contribution in [0.1, 0.15) is 42.7 Å². The minimum Gasteiger partial charge on any atom is -0.388 e. The molecule has 0 spiro atoms. The molecule has 0 radical (unpaired) electrons. The molecule has 1 aliphatic carbocycles. The summed E-state index contributed by atoms with van der Waals surface area (Å²) in [7, 11) is 0. The Morgan fingerprint density at radius 2 is 1.96 bits per heavy atom. The van der Waals surface area contributed by atoms with Gasteiger partial charge >= 0.3 is 0 Å². The summed E-state index contributed by atoms with van der Waals surface area (Å²) in [6.07, 6.45) is 6.32. The number of rotatable bonds is 3. The fraction of sp³-hybridized carbons (Fsp3) is 0.368. The van der Waals surface area contributed by atoms with Crippen molar-refractivity contribution >= 4 is 22.6 Å². The number of aryl methyl sites for hydroxylation is 1. The molecule has 1 saturated carbocycles. The first kappa shape index (κ1) is 15.6. The van der Waals surface area contributed by atoms with E-state index in [1.807, 2.05) is 31.2 Å². The lowest BCUT2D eigenvalue weighted by molar-refractivity contribution is 0.109. The van der Waals surface area contributed by atoms with Crippen molar-refractivity contribution in [3.8, 4) is 0 Å². The van der Waals surface area contributed by atoms with Crippen molar-refractivity contribution in [2.24, 2.45) is 5.92 Å². The third-order valence-electron chi connectivity index (χ3n) is 5.21. The van der Waals surface area contributed by atoms with Crippen LogP contribution in [0.5, 0.6) is 0 Å². The predicted molar refractivity (Wildman–Crippen MR) is 95.1 cm³/mol. The normalized spacial score (nSPS) is 22.1. The summed E-state index contributed by atoms with van der Waals surface area (Å²) in [6.45, 7) is 2.01. The molecule has 3 atom stereocenters. The van der Waals surface area contributed by atoms with Gasteiger partial charge in [-0.1, -0.05) is 23.7 Å². The van der Waals surface area contributed by atoms with Crippen LogP contribution >= 0.6 is 11.6 Å². The molecule has 1 N–H and O–H groups in total. The summed E-state index contributed by atoms with van der Waals surface area (Å²) in [5, 5.41) is 12.5. The average molecular weight is 342 g/mol. The lowest BCUT2D eigenvalue weighted by atomic mass is 9.94. The van der Waals surface area contributed by atoms with Crippen molar-refractivity contribution < 1.29 is 5.11 Å². The molecule has 4 rings (SSSR count). The van der Waals surface area contributed by atoms with Gasteiger partial charge in [-0.05, 0) is 55.9 Å². The summed E-state index contributed by atoms with van der Waals surface area (Å²) < 4.78 is 2.25. The number of aliphatic hydroxyl groups excluding tert-OH is 1. The maximum Gasteiger partial charge on any atom is 0.143 e. The SMILES string of the molecule is Cc1ncnc2c1ccn2C1CCC(C(O)c2ccc(Cl)cc2)C1. The quantitative estimate of drug-likeness (QED) is 0.764. The lowest BCUT2D eigenvalue weighted by Crippen LogP contribution is -2.11. The highest BCUT2D eigenvalue weighted by molar-refractivity contribution is 6.30. The molecule has 0 bridgehead atoms. The zero-order valence-corrected chi connectivity index (χ0v) is 14.3. The average Bonchev–Trinajstić information content (AvgIpc) is 3.22. The number of halogens is 1. The van der Waals surface area contributed by atoms with E-state index in [9.17, 15) is 5.11 Å². The van der Waals surface area contributed by atoms with Crippen LogP contribution in [0.3, 0.4) is 0 Å². The Labute approximate surface area is 146 Å². The van der Waals surface area contributed by atoms with E-state index in [0.29, 0.717) is 11.1 Å². The van der Waals surface area contributed by atoms with Crippen LogP contribution in [0.15, 0.2) is 42.9 Å². The van der Waals surface area contributed by atoms with Gasteiger partial charge in [-0.15, -0.1) is 0 Å². The van der Waals surface area contributed by atoms with Gasteiger partial charge in [0.2, 0.25) is 0 Å². The van der Waals surface area contributed by atoms with Gasteiger partial charge in [0.05, 0.1) is 11.8 Å². The molecular weight excluding hydrogens is 322 g/mol. The van der Waals surface area contributed by atoms with E-state index in [0.717, 1.165) is 41.6 Å². The molecule has 1 aliphatic rings. The van der Waals surface area contributed by atoms with E-state index < -0.39 is 6.10 Å². The summed E-state index contributed by atoms with van der Waals surface area (Å²) in [5.74, 6) is 0.261. The molecule has 0 aliphatic heterocycles. The molecule has 124 valence electrons. The van der Waals surface area contributed by atoms with Gasteiger partial charge in [-0.2, -0.15) is 0 Å². The Kier molecular flexibility index (Phi) is 4.02. The highest BCUT2D eigenvalue weighted by atomic mass is 35.5. The maximum absolute atomic E-state index is 10.7. The monoisotopic (exact) mass is 341 g/mol. The zero-order valence-electron chi connectivity index (χ0n) is 13.6. The number of hydrogen-bond acceptors (Lipinski definition) is 3. The van der Waals surface area contributed by atoms with Gasteiger partial charge in [0.25, 0.3) is 0 Å². The first-order valence-electron chi connectivity index (χ1n) is 8.35. The molecule has 0 saturated heterocycles. The van der Waals surface area contributed by atoms with Crippen LogP contribution in [0.4, 0.5) is 0 Å². The number of fused-ring (bicyclic) bond motifs is 1. The van der Waals surface area contributed by atoms with Crippen molar-refractivity contribution in [3.63, 3.8) is 0 Å². The third kappa shape index (κ3) is 2.70. The van der Waals surface area contributed by atoms with Gasteiger partial charge in [-0.3, -0.25) is 0 Å². The first-order valence-corrected chi connectivity index (χ1v) is 8.73. The van der Waals surface area contributed by atoms with E-state index in [4.69, 9.17) is 11.6 Å². The summed E-state index contributed by atoms with van der Waals surface area (Å²) >= 11 is 5.94. The lowest BCUT2D eigenvalue weighted by Gasteiger charge is -2.19. The largest absolute Gasteiger partial charge is 0.388 e. The Morgan fingerprint density at radius 1 is 1.17 bits per heavy atom. The fourth-order valence-corrected chi connectivity index (χ4v) is 3.98. The molecular formula is C19H20ClN3O. The van der Waals surface area contributed by atoms with Gasteiger partial charge < -0.3 is 9.67 Å². The number of nitrogens with zero attached hydrogens (tertiary/aromatic N) is 3. The molecule has 3 unspecified atom stereocenters. The molecule has 1 fully saturated rings. The Balaban J connectivity index is 1.55. The highest BCUT2D eigenvalue weighted by Crippen LogP contribution is 2.42. The minimum absolute atomic E-state index is 0.261. The minimum atomic E-state index is -0.439. The van der Waals surface area contributed by atoms with Gasteiger partial charge in [0, 0.05) is 22.6 Å². The molecule has 5 heteroatoms. The molecule has 2 heterocycles. The molecule has 3 aromatic rings. The second-order valence-electron chi connectivity index (χ2n) is 6.64. The van der Waals surface area contributed by atoms with E-state index in [1.165, 1.54) is 0 Å². The molecule has 0 amide bonds. The molecule has 1 aromatic carbocycles. The second kappa shape index (κ2) is 6.19. The standard InChI is InChI=1S/C19H20ClN3O/c1-12-17-8-9-23(19(17)22-11-21-12)16-7-4-14(10-16)18(24)13-2-5-15(20)6-3-13/h2-3,5-6,8-9,11,14,16,18,24H,4,7,10H2,1H3. The maximum atomic E-state index is 10.7. The van der Waals surface area contributed by atoms with Crippen LogP contribution in [0.25, 0.3) is 11.0 Å². The number of benzene rings is 1. The number of aliphatic hydroxyl groups is 1. The summed E-state index contributed by atoms with van der Waals surface area (Å²) in [5.41, 5.74) is 2.95. The molecule has 24 heavy (non-hydrogen) atoms. The Bertz CT molecular complexity index is 859. The first-order chi connectivity index (χ1) is 11.6. The van der Waals surface area contributed by atoms with E-state index in [-0.39, 0.29) is 5.92 Å². The molecule has 4 nitrogen and oxygen atoms in total. The number of aromatic nitrogens is 3. The molecule has 2 aromatic heterocycles. The van der Waals surface area contributed by atoms with E-state index in [1.54, 1.807) is 6.33 Å². The van der Waals surface area contributed by atoms with Crippen molar-refractivity contribution in [3.05, 3.63) is 59.1 Å². The smallest absolute Gasteiger partial charge is 0.143 e. The third-order valence-corrected chi connectivity index (χ3v) is 5.46. The van der Waals surface area contributed by atoms with Crippen molar-refractivity contribution in [1.29, 1.82) is 0 Å². The number of hydrogen-bond donors (Lipinski definition) is 1. The van der Waals surface area contributed by atoms with E-state index in [2.05, 4.69) is 26.8 Å². The van der Waals surface area contributed by atoms with Crippen molar-refractivity contribution in [2.75, 3.05) is 0 Å². The predicted octanol–water partition coefficient (Wildman–Crippen LogP) is 4.47. The fourth-order valence-electron chi connectivity index (χ4n) is 3.86. The Morgan fingerprint density at radius 3 is 2.75 bits per heavy atom. The Hall–Kier alpha value is -1.91. The topological polar surface area (TPSA) is 50.9 Å².